The third-order valence-electron chi connectivity index (χ3n) is 3.31. The number of carboxylic acids is 1. The van der Waals surface area contributed by atoms with Crippen LogP contribution >= 0.6 is 11.6 Å². The molecule has 1 atom stereocenters. The zero-order valence-corrected chi connectivity index (χ0v) is 10.4. The fraction of sp³-hybridized carbons (Fsp3) is 0.500. The van der Waals surface area contributed by atoms with Crippen molar-refractivity contribution in [3.63, 3.8) is 0 Å². The Bertz CT molecular complexity index is 438. The first kappa shape index (κ1) is 12.2. The van der Waals surface area contributed by atoms with Crippen LogP contribution in [0.3, 0.4) is 0 Å². The summed E-state index contributed by atoms with van der Waals surface area (Å²) in [6.07, 6.45) is 6.83. The number of carboxylic acid groups (broad SMARTS) is 1. The maximum Gasteiger partial charge on any atom is 0.329 e. The van der Waals surface area contributed by atoms with E-state index >= 15 is 0 Å². The Hall–Kier alpha value is -1.29. The van der Waals surface area contributed by atoms with E-state index in [9.17, 15) is 9.90 Å². The normalized spacial score (nSPS) is 24.7. The first-order valence-electron chi connectivity index (χ1n) is 5.59. The molecule has 1 aliphatic rings. The van der Waals surface area contributed by atoms with Crippen LogP contribution in [0, 0.1) is 6.20 Å². The molecule has 1 radical (unpaired) electrons. The smallest absolute Gasteiger partial charge is 0.329 e. The van der Waals surface area contributed by atoms with Crippen molar-refractivity contribution >= 4 is 23.3 Å². The summed E-state index contributed by atoms with van der Waals surface area (Å²) >= 11 is 6.08. The highest BCUT2D eigenvalue weighted by Gasteiger charge is 2.42. The molecule has 4 nitrogen and oxygen atoms in total. The fourth-order valence-electron chi connectivity index (χ4n) is 2.22. The van der Waals surface area contributed by atoms with Gasteiger partial charge in [-0.3, -0.25) is 4.98 Å². The van der Waals surface area contributed by atoms with Gasteiger partial charge in [-0.2, -0.15) is 0 Å². The highest BCUT2D eigenvalue weighted by Crippen LogP contribution is 2.35. The van der Waals surface area contributed by atoms with Gasteiger partial charge >= 0.3 is 5.97 Å². The minimum atomic E-state index is -0.915. The van der Waals surface area contributed by atoms with Gasteiger partial charge in [-0.25, -0.2) is 4.79 Å². The monoisotopic (exact) mass is 253 g/mol. The fourth-order valence-corrected chi connectivity index (χ4v) is 2.43. The number of aliphatic carboxylic acids is 1. The van der Waals surface area contributed by atoms with Gasteiger partial charge in [0.05, 0.1) is 10.7 Å². The van der Waals surface area contributed by atoms with Gasteiger partial charge < -0.3 is 10.0 Å². The van der Waals surface area contributed by atoms with E-state index in [0.29, 0.717) is 23.7 Å². The van der Waals surface area contributed by atoms with E-state index in [4.69, 9.17) is 11.6 Å². The zero-order chi connectivity index (χ0) is 12.5. The van der Waals surface area contributed by atoms with Gasteiger partial charge in [0, 0.05) is 12.7 Å². The Morgan fingerprint density at radius 2 is 2.41 bits per heavy atom. The van der Waals surface area contributed by atoms with Crippen LogP contribution in [0.2, 0.25) is 5.02 Å². The number of rotatable bonds is 2. The second-order valence-electron chi connectivity index (χ2n) is 4.44. The third-order valence-corrected chi connectivity index (χ3v) is 3.62. The number of aromatic nitrogens is 1. The van der Waals surface area contributed by atoms with Gasteiger partial charge in [0.25, 0.3) is 0 Å². The molecule has 0 saturated carbocycles. The Morgan fingerprint density at radius 1 is 1.65 bits per heavy atom. The number of anilines is 1. The van der Waals surface area contributed by atoms with E-state index in [1.807, 2.05) is 0 Å². The van der Waals surface area contributed by atoms with E-state index in [1.54, 1.807) is 24.1 Å². The quantitative estimate of drug-likeness (QED) is 0.879. The average molecular weight is 254 g/mol. The van der Waals surface area contributed by atoms with Crippen LogP contribution in [0.4, 0.5) is 5.69 Å². The summed E-state index contributed by atoms with van der Waals surface area (Å²) in [5, 5.41) is 9.90. The molecule has 0 spiro atoms. The van der Waals surface area contributed by atoms with Crippen LogP contribution in [0.1, 0.15) is 26.2 Å². The molecule has 0 bridgehead atoms. The largest absolute Gasteiger partial charge is 0.480 e. The van der Waals surface area contributed by atoms with Crippen molar-refractivity contribution in [1.29, 1.82) is 0 Å². The van der Waals surface area contributed by atoms with Crippen molar-refractivity contribution in [2.24, 2.45) is 0 Å². The molecule has 2 rings (SSSR count). The molecule has 0 aromatic carbocycles. The number of pyridine rings is 1. The lowest BCUT2D eigenvalue weighted by Gasteiger charge is -2.43. The SMILES string of the molecule is CC1(C(=O)O)CCCCN1c1[c]nccc1Cl. The zero-order valence-electron chi connectivity index (χ0n) is 9.61. The number of nitrogens with zero attached hydrogens (tertiary/aromatic N) is 2. The standard InChI is InChI=1S/C12H14ClN2O2/c1-12(11(16)17)5-2-3-7-15(12)10-8-14-6-4-9(10)13/h4,6H,2-3,5,7H2,1H3,(H,16,17). The molecule has 5 heteroatoms. The molecule has 17 heavy (non-hydrogen) atoms. The van der Waals surface area contributed by atoms with Crippen LogP contribution in [0.15, 0.2) is 12.3 Å². The summed E-state index contributed by atoms with van der Waals surface area (Å²) in [6, 6.07) is 1.66. The Labute approximate surface area is 105 Å². The van der Waals surface area contributed by atoms with Crippen LogP contribution in [0.5, 0.6) is 0 Å². The van der Waals surface area contributed by atoms with Gasteiger partial charge in [-0.05, 0) is 32.3 Å². The molecule has 1 N–H and O–H groups in total. The molecule has 2 heterocycles. The molecular weight excluding hydrogens is 240 g/mol. The van der Waals surface area contributed by atoms with Crippen molar-refractivity contribution in [3.8, 4) is 0 Å². The van der Waals surface area contributed by atoms with Gasteiger partial charge in [0.1, 0.15) is 11.7 Å². The van der Waals surface area contributed by atoms with Crippen LogP contribution in [-0.4, -0.2) is 28.1 Å². The first-order chi connectivity index (χ1) is 8.05. The summed E-state index contributed by atoms with van der Waals surface area (Å²) in [4.78, 5) is 17.2. The number of piperidine rings is 1. The molecule has 0 aliphatic carbocycles. The predicted octanol–water partition coefficient (Wildman–Crippen LogP) is 2.37. The van der Waals surface area contributed by atoms with E-state index in [2.05, 4.69) is 11.2 Å². The number of hydrogen-bond donors (Lipinski definition) is 1. The van der Waals surface area contributed by atoms with Crippen LogP contribution in [0.25, 0.3) is 0 Å². The summed E-state index contributed by atoms with van der Waals surface area (Å²) < 4.78 is 0. The maximum atomic E-state index is 11.5. The number of halogens is 1. The van der Waals surface area contributed by atoms with E-state index in [-0.39, 0.29) is 0 Å². The second kappa shape index (κ2) is 4.53. The molecular formula is C12H14ClN2O2. The molecule has 1 fully saturated rings. The summed E-state index contributed by atoms with van der Waals surface area (Å²) in [7, 11) is 0. The Morgan fingerprint density at radius 3 is 3.06 bits per heavy atom. The van der Waals surface area contributed by atoms with Crippen molar-refractivity contribution in [3.05, 3.63) is 23.5 Å². The summed E-state index contributed by atoms with van der Waals surface area (Å²) in [5.74, 6) is -0.828. The highest BCUT2D eigenvalue weighted by atomic mass is 35.5. The lowest BCUT2D eigenvalue weighted by atomic mass is 9.88. The van der Waals surface area contributed by atoms with Crippen LogP contribution < -0.4 is 4.90 Å². The van der Waals surface area contributed by atoms with Gasteiger partial charge in [-0.1, -0.05) is 11.6 Å². The second-order valence-corrected chi connectivity index (χ2v) is 4.85. The first-order valence-corrected chi connectivity index (χ1v) is 5.97. The topological polar surface area (TPSA) is 53.4 Å². The van der Waals surface area contributed by atoms with Gasteiger partial charge in [0.2, 0.25) is 0 Å². The van der Waals surface area contributed by atoms with Crippen molar-refractivity contribution in [2.75, 3.05) is 11.4 Å². The van der Waals surface area contributed by atoms with Gasteiger partial charge in [0.15, 0.2) is 0 Å². The van der Waals surface area contributed by atoms with Crippen molar-refractivity contribution in [1.82, 2.24) is 4.98 Å². The summed E-state index contributed by atoms with van der Waals surface area (Å²) in [6.45, 7) is 2.40. The van der Waals surface area contributed by atoms with Crippen LogP contribution in [-0.2, 0) is 4.79 Å². The molecule has 0 amide bonds. The minimum Gasteiger partial charge on any atom is -0.480 e. The molecule has 1 unspecified atom stereocenters. The number of carbonyl (C=O) groups is 1. The maximum absolute atomic E-state index is 11.5. The van der Waals surface area contributed by atoms with E-state index in [1.165, 1.54) is 0 Å². The molecule has 1 aromatic rings. The lowest BCUT2D eigenvalue weighted by molar-refractivity contribution is -0.143. The van der Waals surface area contributed by atoms with E-state index in [0.717, 1.165) is 12.8 Å². The average Bonchev–Trinajstić information content (AvgIpc) is 2.31. The van der Waals surface area contributed by atoms with Crippen molar-refractivity contribution in [2.45, 2.75) is 31.7 Å². The Kier molecular flexibility index (Phi) is 3.24. The molecule has 1 aliphatic heterocycles. The van der Waals surface area contributed by atoms with Crippen molar-refractivity contribution < 1.29 is 9.90 Å². The lowest BCUT2D eigenvalue weighted by Crippen LogP contribution is -2.55. The third kappa shape index (κ3) is 2.09. The van der Waals surface area contributed by atoms with E-state index < -0.39 is 11.5 Å². The number of hydrogen-bond acceptors (Lipinski definition) is 3. The molecule has 91 valence electrons. The molecule has 1 saturated heterocycles. The summed E-state index contributed by atoms with van der Waals surface area (Å²) in [5.41, 5.74) is -0.333. The predicted molar refractivity (Wildman–Crippen MR) is 65.3 cm³/mol. The minimum absolute atomic E-state index is 0.495. The van der Waals surface area contributed by atoms with Gasteiger partial charge in [-0.15, -0.1) is 0 Å². The molecule has 1 aromatic heterocycles. The highest BCUT2D eigenvalue weighted by molar-refractivity contribution is 6.33. The Balaban J connectivity index is 2.42.